The number of aromatic hydroxyl groups is 8. The smallest absolute Gasteiger partial charge is 0.204 e. The van der Waals surface area contributed by atoms with Crippen LogP contribution < -0.4 is 0 Å². The maximum Gasteiger partial charge on any atom is 0.204 e. The van der Waals surface area contributed by atoms with Gasteiger partial charge in [-0.2, -0.15) is 0 Å². The molecular formula is C36H22O9. The van der Waals surface area contributed by atoms with Crippen LogP contribution in [0.1, 0.15) is 0 Å². The zero-order chi connectivity index (χ0) is 31.3. The second-order valence-corrected chi connectivity index (χ2v) is 10.9. The van der Waals surface area contributed by atoms with Gasteiger partial charge in [0.25, 0.3) is 0 Å². The average molecular weight is 599 g/mol. The Morgan fingerprint density at radius 3 is 1.42 bits per heavy atom. The lowest BCUT2D eigenvalue weighted by atomic mass is 9.83. The van der Waals surface area contributed by atoms with Crippen molar-refractivity contribution in [2.75, 3.05) is 0 Å². The van der Waals surface area contributed by atoms with Crippen molar-refractivity contribution in [1.29, 1.82) is 0 Å². The summed E-state index contributed by atoms with van der Waals surface area (Å²) in [7, 11) is 0. The Balaban J connectivity index is 1.66. The lowest BCUT2D eigenvalue weighted by molar-refractivity contribution is 0.350. The minimum absolute atomic E-state index is 0.00335. The van der Waals surface area contributed by atoms with E-state index in [1.54, 1.807) is 48.5 Å². The highest BCUT2D eigenvalue weighted by molar-refractivity contribution is 6.29. The van der Waals surface area contributed by atoms with Gasteiger partial charge in [-0.15, -0.1) is 0 Å². The first-order chi connectivity index (χ1) is 21.7. The van der Waals surface area contributed by atoms with E-state index in [1.807, 2.05) is 36.4 Å². The molecule has 220 valence electrons. The van der Waals surface area contributed by atoms with Crippen molar-refractivity contribution in [2.24, 2.45) is 0 Å². The first kappa shape index (κ1) is 26.2. The van der Waals surface area contributed by atoms with E-state index in [0.717, 1.165) is 16.2 Å². The normalized spacial score (nSPS) is 11.8. The zero-order valence-electron chi connectivity index (χ0n) is 23.1. The molecule has 45 heavy (non-hydrogen) atoms. The summed E-state index contributed by atoms with van der Waals surface area (Å²) in [4.78, 5) is 0. The molecule has 8 aromatic rings. The van der Waals surface area contributed by atoms with E-state index >= 15 is 0 Å². The number of phenolic OH excluding ortho intramolecular Hbond substituents is 8. The highest BCUT2D eigenvalue weighted by atomic mass is 16.4. The summed E-state index contributed by atoms with van der Waals surface area (Å²) in [6.45, 7) is 0. The van der Waals surface area contributed by atoms with Crippen LogP contribution in [-0.2, 0) is 0 Å². The molecule has 0 unspecified atom stereocenters. The summed E-state index contributed by atoms with van der Waals surface area (Å²) in [6, 6.07) is 24.8. The van der Waals surface area contributed by atoms with E-state index in [1.165, 1.54) is 0 Å². The van der Waals surface area contributed by atoms with Crippen LogP contribution in [0.3, 0.4) is 0 Å². The van der Waals surface area contributed by atoms with Crippen LogP contribution in [0.25, 0.3) is 76.5 Å². The van der Waals surface area contributed by atoms with Crippen molar-refractivity contribution in [2.45, 2.75) is 0 Å². The SMILES string of the molecule is Oc1c(O)c(O)c2c(-c3ccc4oc5ccc6ccccc6c5c4c3)c3c(O)c(O)c(O)c(O)c3c(-c3ccccc3)c2c1O. The number of rotatable bonds is 2. The summed E-state index contributed by atoms with van der Waals surface area (Å²) >= 11 is 0. The van der Waals surface area contributed by atoms with Crippen LogP contribution in [0.2, 0.25) is 0 Å². The maximum absolute atomic E-state index is 11.4. The van der Waals surface area contributed by atoms with Crippen LogP contribution in [-0.4, -0.2) is 40.9 Å². The molecular weight excluding hydrogens is 576 g/mol. The molecule has 0 spiro atoms. The minimum Gasteiger partial charge on any atom is -0.504 e. The van der Waals surface area contributed by atoms with E-state index in [0.29, 0.717) is 27.7 Å². The van der Waals surface area contributed by atoms with Crippen molar-refractivity contribution >= 4 is 54.3 Å². The van der Waals surface area contributed by atoms with Crippen molar-refractivity contribution in [3.63, 3.8) is 0 Å². The van der Waals surface area contributed by atoms with Crippen LogP contribution in [0, 0.1) is 0 Å². The molecule has 0 aliphatic heterocycles. The molecule has 8 N–H and O–H groups in total. The Morgan fingerprint density at radius 1 is 0.356 bits per heavy atom. The average Bonchev–Trinajstić information content (AvgIpc) is 3.45. The maximum atomic E-state index is 11.4. The molecule has 8 rings (SSSR count). The number of benzene rings is 7. The van der Waals surface area contributed by atoms with Gasteiger partial charge < -0.3 is 45.3 Å². The van der Waals surface area contributed by atoms with Gasteiger partial charge in [0.05, 0.1) is 0 Å². The summed E-state index contributed by atoms with van der Waals surface area (Å²) < 4.78 is 6.13. The summed E-state index contributed by atoms with van der Waals surface area (Å²) in [5.41, 5.74) is 1.77. The highest BCUT2D eigenvalue weighted by Crippen LogP contribution is 2.61. The topological polar surface area (TPSA) is 175 Å². The zero-order valence-corrected chi connectivity index (χ0v) is 23.1. The van der Waals surface area contributed by atoms with Gasteiger partial charge >= 0.3 is 0 Å². The molecule has 0 radical (unpaired) electrons. The van der Waals surface area contributed by atoms with E-state index < -0.39 is 46.0 Å². The molecule has 9 nitrogen and oxygen atoms in total. The fourth-order valence-electron chi connectivity index (χ4n) is 6.50. The second-order valence-electron chi connectivity index (χ2n) is 10.9. The lowest BCUT2D eigenvalue weighted by Gasteiger charge is -2.22. The highest BCUT2D eigenvalue weighted by Gasteiger charge is 2.32. The Morgan fingerprint density at radius 2 is 0.844 bits per heavy atom. The molecule has 0 saturated carbocycles. The van der Waals surface area contributed by atoms with Crippen LogP contribution in [0.5, 0.6) is 46.0 Å². The Kier molecular flexibility index (Phi) is 5.24. The number of hydrogen-bond acceptors (Lipinski definition) is 9. The Hall–Kier alpha value is -6.48. The van der Waals surface area contributed by atoms with Gasteiger partial charge in [0.15, 0.2) is 23.0 Å². The van der Waals surface area contributed by atoms with E-state index in [9.17, 15) is 40.9 Å². The van der Waals surface area contributed by atoms with Crippen molar-refractivity contribution in [3.8, 4) is 68.2 Å². The predicted molar refractivity (Wildman–Crippen MR) is 170 cm³/mol. The lowest BCUT2D eigenvalue weighted by Crippen LogP contribution is -1.94. The van der Waals surface area contributed by atoms with Crippen molar-refractivity contribution < 1.29 is 45.3 Å². The first-order valence-electron chi connectivity index (χ1n) is 13.8. The largest absolute Gasteiger partial charge is 0.504 e. The molecule has 0 atom stereocenters. The molecule has 0 aliphatic carbocycles. The summed E-state index contributed by atoms with van der Waals surface area (Å²) in [5.74, 6) is -7.38. The molecule has 7 aromatic carbocycles. The molecule has 0 saturated heterocycles. The van der Waals surface area contributed by atoms with Crippen LogP contribution >= 0.6 is 0 Å². The minimum atomic E-state index is -1.02. The fraction of sp³-hybridized carbons (Fsp3) is 0. The quantitative estimate of drug-likeness (QED) is 0.0556. The van der Waals surface area contributed by atoms with E-state index in [-0.39, 0.29) is 32.7 Å². The summed E-state index contributed by atoms with van der Waals surface area (Å²) in [5, 5.41) is 90.8. The van der Waals surface area contributed by atoms with Crippen molar-refractivity contribution in [3.05, 3.63) is 84.9 Å². The van der Waals surface area contributed by atoms with Gasteiger partial charge in [-0.05, 0) is 40.1 Å². The molecule has 1 heterocycles. The third-order valence-electron chi connectivity index (χ3n) is 8.50. The Bertz CT molecular complexity index is 2490. The molecule has 0 bridgehead atoms. The standard InChI is InChI=1S/C36H22O9/c37-29-25-22(16-7-2-1-3-8-16)26-28(32(40)36(44)34(42)30(26)38)23(27(25)31(39)35(43)33(29)41)17-11-12-20-19(14-17)24-18-9-5-4-6-15(18)10-13-21(24)45-20/h1-14,37-44H. The monoisotopic (exact) mass is 598 g/mol. The summed E-state index contributed by atoms with van der Waals surface area (Å²) in [6.07, 6.45) is 0. The second kappa shape index (κ2) is 9.01. The molecule has 1 aromatic heterocycles. The third-order valence-corrected chi connectivity index (χ3v) is 8.50. The van der Waals surface area contributed by atoms with Gasteiger partial charge in [-0.25, -0.2) is 0 Å². The van der Waals surface area contributed by atoms with Gasteiger partial charge in [-0.1, -0.05) is 66.7 Å². The van der Waals surface area contributed by atoms with Crippen molar-refractivity contribution in [1.82, 2.24) is 0 Å². The number of hydrogen-bond donors (Lipinski definition) is 8. The number of fused-ring (bicyclic) bond motifs is 7. The van der Waals surface area contributed by atoms with Gasteiger partial charge in [0.1, 0.15) is 11.2 Å². The molecule has 0 aliphatic rings. The first-order valence-corrected chi connectivity index (χ1v) is 13.8. The van der Waals surface area contributed by atoms with Crippen LogP contribution in [0.4, 0.5) is 0 Å². The van der Waals surface area contributed by atoms with E-state index in [2.05, 4.69) is 0 Å². The predicted octanol–water partition coefficient (Wildman–Crippen LogP) is 8.02. The van der Waals surface area contributed by atoms with Gasteiger partial charge in [-0.3, -0.25) is 0 Å². The molecule has 9 heteroatoms. The number of phenols is 8. The molecule has 0 fully saturated rings. The van der Waals surface area contributed by atoms with Gasteiger partial charge in [0.2, 0.25) is 23.0 Å². The van der Waals surface area contributed by atoms with Gasteiger partial charge in [0, 0.05) is 43.4 Å². The number of furan rings is 1. The molecule has 0 amide bonds. The fourth-order valence-corrected chi connectivity index (χ4v) is 6.50. The third kappa shape index (κ3) is 3.37. The van der Waals surface area contributed by atoms with Crippen LogP contribution in [0.15, 0.2) is 89.3 Å². The van der Waals surface area contributed by atoms with E-state index in [4.69, 9.17) is 4.42 Å². The Labute approximate surface area is 252 Å².